The lowest BCUT2D eigenvalue weighted by Crippen LogP contribution is -2.25. The van der Waals surface area contributed by atoms with Gasteiger partial charge in [-0.25, -0.2) is 0 Å². The molecule has 0 bridgehead atoms. The summed E-state index contributed by atoms with van der Waals surface area (Å²) in [6, 6.07) is 7.18. The van der Waals surface area contributed by atoms with Gasteiger partial charge in [0.25, 0.3) is 0 Å². The van der Waals surface area contributed by atoms with Gasteiger partial charge in [-0.2, -0.15) is 0 Å². The summed E-state index contributed by atoms with van der Waals surface area (Å²) in [6.45, 7) is 0. The summed E-state index contributed by atoms with van der Waals surface area (Å²) in [5, 5.41) is 19.3. The van der Waals surface area contributed by atoms with Crippen LogP contribution in [0.15, 0.2) is 29.2 Å². The molecule has 0 spiro atoms. The predicted octanol–water partition coefficient (Wildman–Crippen LogP) is 0.678. The van der Waals surface area contributed by atoms with Crippen molar-refractivity contribution in [3.63, 3.8) is 0 Å². The van der Waals surface area contributed by atoms with Gasteiger partial charge in [0, 0.05) is 4.90 Å². The second-order valence-electron chi connectivity index (χ2n) is 3.46. The molecule has 2 atom stereocenters. The number of aliphatic hydroxyl groups excluding tert-OH is 2. The highest BCUT2D eigenvalue weighted by Crippen LogP contribution is 2.23. The Morgan fingerprint density at radius 1 is 1.50 bits per heavy atom. The third kappa shape index (κ3) is 3.52. The molecule has 0 aliphatic rings. The third-order valence-corrected chi connectivity index (χ3v) is 2.94. The van der Waals surface area contributed by atoms with Gasteiger partial charge in [-0.3, -0.25) is 4.79 Å². The summed E-state index contributed by atoms with van der Waals surface area (Å²) < 4.78 is 0. The zero-order valence-electron chi connectivity index (χ0n) is 8.96. The molecule has 1 rings (SSSR count). The molecule has 1 aromatic carbocycles. The van der Waals surface area contributed by atoms with Gasteiger partial charge in [0.05, 0.1) is 12.5 Å². The van der Waals surface area contributed by atoms with E-state index in [4.69, 9.17) is 5.73 Å². The van der Waals surface area contributed by atoms with Crippen molar-refractivity contribution in [2.75, 3.05) is 6.26 Å². The van der Waals surface area contributed by atoms with E-state index in [1.54, 1.807) is 30.0 Å². The second kappa shape index (κ2) is 5.89. The van der Waals surface area contributed by atoms with Crippen molar-refractivity contribution in [2.24, 2.45) is 5.73 Å². The van der Waals surface area contributed by atoms with Gasteiger partial charge >= 0.3 is 0 Å². The van der Waals surface area contributed by atoms with Crippen LogP contribution >= 0.6 is 11.8 Å². The lowest BCUT2D eigenvalue weighted by Gasteiger charge is -2.17. The molecule has 5 heteroatoms. The fourth-order valence-electron chi connectivity index (χ4n) is 1.37. The molecule has 4 N–H and O–H groups in total. The Hall–Kier alpha value is -1.04. The fourth-order valence-corrected chi connectivity index (χ4v) is 1.83. The highest BCUT2D eigenvalue weighted by molar-refractivity contribution is 7.98. The first-order chi connectivity index (χ1) is 7.54. The molecule has 2 unspecified atom stereocenters. The Morgan fingerprint density at radius 3 is 2.75 bits per heavy atom. The number of aliphatic hydroxyl groups is 2. The Kier molecular flexibility index (Phi) is 4.79. The maximum absolute atomic E-state index is 10.6. The van der Waals surface area contributed by atoms with Gasteiger partial charge in [-0.1, -0.05) is 12.1 Å². The van der Waals surface area contributed by atoms with Crippen molar-refractivity contribution in [2.45, 2.75) is 23.5 Å². The Balaban J connectivity index is 2.78. The van der Waals surface area contributed by atoms with E-state index in [0.717, 1.165) is 4.90 Å². The molecule has 88 valence electrons. The highest BCUT2D eigenvalue weighted by Gasteiger charge is 2.20. The summed E-state index contributed by atoms with van der Waals surface area (Å²) in [6.07, 6.45) is -0.565. The zero-order valence-corrected chi connectivity index (χ0v) is 9.78. The molecule has 0 saturated carbocycles. The molecular formula is C11H15NO3S. The third-order valence-electron chi connectivity index (χ3n) is 2.21. The Labute approximate surface area is 98.5 Å². The maximum atomic E-state index is 10.6. The zero-order chi connectivity index (χ0) is 12.1. The van der Waals surface area contributed by atoms with E-state index in [2.05, 4.69) is 0 Å². The first-order valence-electron chi connectivity index (χ1n) is 4.83. The smallest absolute Gasteiger partial charge is 0.220 e. The van der Waals surface area contributed by atoms with Gasteiger partial charge in [-0.15, -0.1) is 11.8 Å². The van der Waals surface area contributed by atoms with Crippen LogP contribution < -0.4 is 5.73 Å². The monoisotopic (exact) mass is 241 g/mol. The van der Waals surface area contributed by atoms with Crippen molar-refractivity contribution in [1.29, 1.82) is 0 Å². The van der Waals surface area contributed by atoms with Crippen molar-refractivity contribution >= 4 is 17.7 Å². The first kappa shape index (κ1) is 13.0. The topological polar surface area (TPSA) is 83.6 Å². The van der Waals surface area contributed by atoms with Crippen LogP contribution in [0.3, 0.4) is 0 Å². The van der Waals surface area contributed by atoms with Crippen LogP contribution in [0.25, 0.3) is 0 Å². The minimum Gasteiger partial charge on any atom is -0.390 e. The van der Waals surface area contributed by atoms with E-state index in [1.807, 2.05) is 12.3 Å². The van der Waals surface area contributed by atoms with Crippen molar-refractivity contribution in [3.05, 3.63) is 29.8 Å². The van der Waals surface area contributed by atoms with Gasteiger partial charge in [0.2, 0.25) is 5.91 Å². The SMILES string of the molecule is CSc1cccc(C(O)C(O)CC(N)=O)c1. The highest BCUT2D eigenvalue weighted by atomic mass is 32.2. The minimum atomic E-state index is -1.16. The molecule has 0 aromatic heterocycles. The van der Waals surface area contributed by atoms with Crippen molar-refractivity contribution < 1.29 is 15.0 Å². The Morgan fingerprint density at radius 2 is 2.19 bits per heavy atom. The number of rotatable bonds is 5. The summed E-state index contributed by atoms with van der Waals surface area (Å²) in [5.74, 6) is -0.632. The number of hydrogen-bond acceptors (Lipinski definition) is 4. The molecule has 0 saturated heterocycles. The number of thioether (sulfide) groups is 1. The van der Waals surface area contributed by atoms with Crippen LogP contribution in [0, 0.1) is 0 Å². The van der Waals surface area contributed by atoms with Crippen LogP contribution in [0.5, 0.6) is 0 Å². The number of carbonyl (C=O) groups is 1. The van der Waals surface area contributed by atoms with Gasteiger partial charge in [0.15, 0.2) is 0 Å². The van der Waals surface area contributed by atoms with E-state index in [-0.39, 0.29) is 6.42 Å². The molecule has 1 amide bonds. The molecule has 0 aliphatic carbocycles. The standard InChI is InChI=1S/C11H15NO3S/c1-16-8-4-2-3-7(5-8)11(15)9(13)6-10(12)14/h2-5,9,11,13,15H,6H2,1H3,(H2,12,14). The largest absolute Gasteiger partial charge is 0.390 e. The van der Waals surface area contributed by atoms with E-state index < -0.39 is 18.1 Å². The number of hydrogen-bond donors (Lipinski definition) is 3. The van der Waals surface area contributed by atoms with Crippen LogP contribution in [-0.2, 0) is 4.79 Å². The molecular weight excluding hydrogens is 226 g/mol. The van der Waals surface area contributed by atoms with E-state index >= 15 is 0 Å². The molecule has 4 nitrogen and oxygen atoms in total. The lowest BCUT2D eigenvalue weighted by molar-refractivity contribution is -0.121. The molecule has 0 aliphatic heterocycles. The number of amides is 1. The summed E-state index contributed by atoms with van der Waals surface area (Å²) in [7, 11) is 0. The fraction of sp³-hybridized carbons (Fsp3) is 0.364. The summed E-state index contributed by atoms with van der Waals surface area (Å²) in [4.78, 5) is 11.6. The van der Waals surface area contributed by atoms with E-state index in [0.29, 0.717) is 5.56 Å². The van der Waals surface area contributed by atoms with Crippen molar-refractivity contribution in [3.8, 4) is 0 Å². The lowest BCUT2D eigenvalue weighted by atomic mass is 10.0. The number of nitrogens with two attached hydrogens (primary N) is 1. The Bertz CT molecular complexity index is 370. The van der Waals surface area contributed by atoms with Gasteiger partial charge in [-0.05, 0) is 24.0 Å². The van der Waals surface area contributed by atoms with Crippen LogP contribution in [0.4, 0.5) is 0 Å². The van der Waals surface area contributed by atoms with E-state index in [9.17, 15) is 15.0 Å². The van der Waals surface area contributed by atoms with Crippen LogP contribution in [0.1, 0.15) is 18.1 Å². The van der Waals surface area contributed by atoms with Crippen LogP contribution in [-0.4, -0.2) is 28.5 Å². The summed E-state index contributed by atoms with van der Waals surface area (Å²) >= 11 is 1.54. The van der Waals surface area contributed by atoms with Gasteiger partial charge < -0.3 is 15.9 Å². The quantitative estimate of drug-likeness (QED) is 0.662. The molecule has 0 fully saturated rings. The first-order valence-corrected chi connectivity index (χ1v) is 6.05. The predicted molar refractivity (Wildman–Crippen MR) is 63.0 cm³/mol. The minimum absolute atomic E-state index is 0.245. The second-order valence-corrected chi connectivity index (χ2v) is 4.34. The average Bonchev–Trinajstić information content (AvgIpc) is 2.27. The van der Waals surface area contributed by atoms with E-state index in [1.165, 1.54) is 0 Å². The normalized spacial score (nSPS) is 14.4. The average molecular weight is 241 g/mol. The van der Waals surface area contributed by atoms with Gasteiger partial charge in [0.1, 0.15) is 6.10 Å². The number of carbonyl (C=O) groups excluding carboxylic acids is 1. The molecule has 0 heterocycles. The summed E-state index contributed by atoms with van der Waals surface area (Å²) in [5.41, 5.74) is 5.54. The molecule has 1 aromatic rings. The van der Waals surface area contributed by atoms with Crippen LogP contribution in [0.2, 0.25) is 0 Å². The number of primary amides is 1. The number of benzene rings is 1. The molecule has 0 radical (unpaired) electrons. The van der Waals surface area contributed by atoms with Crippen molar-refractivity contribution in [1.82, 2.24) is 0 Å². The maximum Gasteiger partial charge on any atom is 0.220 e. The molecule has 16 heavy (non-hydrogen) atoms.